The number of rotatable bonds is 2. The van der Waals surface area contributed by atoms with Crippen LogP contribution in [0.5, 0.6) is 0 Å². The average molecular weight is 410 g/mol. The number of carbonyl (C=O) groups is 3. The number of esters is 1. The standard InChI is InChI=1S/C23H31ClO4/c1-13(25)23(28-14(2)26)12-8-17-15-5-6-18-20(24)19(27)9-10-21(18,3)16(15)7-11-22(17,23)4/h15-17H,5-12H2,1-4H3/t15-,16+,17+,21-,22+,23+/m1/s1/i2D3. The summed E-state index contributed by atoms with van der Waals surface area (Å²) in [5, 5.41) is 0.427. The van der Waals surface area contributed by atoms with Crippen molar-refractivity contribution in [1.29, 1.82) is 0 Å². The quantitative estimate of drug-likeness (QED) is 0.603. The first-order valence-electron chi connectivity index (χ1n) is 11.9. The van der Waals surface area contributed by atoms with Gasteiger partial charge in [-0.1, -0.05) is 25.4 Å². The Kier molecular flexibility index (Phi) is 3.81. The normalized spacial score (nSPS) is 47.2. The topological polar surface area (TPSA) is 60.4 Å². The van der Waals surface area contributed by atoms with Gasteiger partial charge in [0.05, 0.1) is 5.03 Å². The Hall–Kier alpha value is -1.16. The molecule has 4 aliphatic carbocycles. The highest BCUT2D eigenvalue weighted by Crippen LogP contribution is 2.68. The lowest BCUT2D eigenvalue weighted by molar-refractivity contribution is -0.187. The number of fused-ring (bicyclic) bond motifs is 5. The molecule has 0 unspecified atom stereocenters. The van der Waals surface area contributed by atoms with E-state index < -0.39 is 23.8 Å². The molecule has 3 fully saturated rings. The van der Waals surface area contributed by atoms with Crippen molar-refractivity contribution in [3.05, 3.63) is 10.6 Å². The van der Waals surface area contributed by atoms with Gasteiger partial charge in [0, 0.05) is 22.8 Å². The molecule has 0 aliphatic heterocycles. The lowest BCUT2D eigenvalue weighted by atomic mass is 9.46. The molecule has 4 rings (SSSR count). The van der Waals surface area contributed by atoms with Crippen molar-refractivity contribution in [2.24, 2.45) is 28.6 Å². The maximum absolute atomic E-state index is 12.9. The van der Waals surface area contributed by atoms with Gasteiger partial charge in [0.25, 0.3) is 0 Å². The molecule has 0 amide bonds. The van der Waals surface area contributed by atoms with Crippen molar-refractivity contribution >= 4 is 29.1 Å². The van der Waals surface area contributed by atoms with Crippen LogP contribution in [0.2, 0.25) is 0 Å². The third-order valence-corrected chi connectivity index (χ3v) is 9.45. The van der Waals surface area contributed by atoms with Crippen molar-refractivity contribution in [2.45, 2.75) is 84.6 Å². The predicted molar refractivity (Wildman–Crippen MR) is 107 cm³/mol. The summed E-state index contributed by atoms with van der Waals surface area (Å²) in [6.07, 6.45) is 5.56. The molecule has 154 valence electrons. The highest BCUT2D eigenvalue weighted by Gasteiger charge is 2.67. The van der Waals surface area contributed by atoms with Crippen LogP contribution in [-0.4, -0.2) is 23.1 Å². The fourth-order valence-corrected chi connectivity index (χ4v) is 8.03. The molecule has 5 heteroatoms. The zero-order valence-electron chi connectivity index (χ0n) is 19.9. The smallest absolute Gasteiger partial charge is 0.303 e. The van der Waals surface area contributed by atoms with Crippen LogP contribution in [0.15, 0.2) is 10.6 Å². The Labute approximate surface area is 176 Å². The van der Waals surface area contributed by atoms with E-state index in [1.54, 1.807) is 0 Å². The summed E-state index contributed by atoms with van der Waals surface area (Å²) in [6, 6.07) is 0. The summed E-state index contributed by atoms with van der Waals surface area (Å²) in [4.78, 5) is 37.5. The summed E-state index contributed by atoms with van der Waals surface area (Å²) in [7, 11) is 0. The second kappa shape index (κ2) is 6.42. The van der Waals surface area contributed by atoms with Crippen LogP contribution in [0.3, 0.4) is 0 Å². The Bertz CT molecular complexity index is 881. The SMILES string of the molecule is [2H]C([2H])([2H])C(=O)O[C@]1(C(C)=O)CC[C@H]2[C@@H]3CCC4=C(Cl)C(=O)CC[C@]4(C)[C@H]3CC[C@@]21C. The molecule has 3 saturated carbocycles. The molecule has 0 aromatic rings. The van der Waals surface area contributed by atoms with Crippen LogP contribution < -0.4 is 0 Å². The molecular formula is C23H31ClO4. The van der Waals surface area contributed by atoms with E-state index in [4.69, 9.17) is 20.5 Å². The summed E-state index contributed by atoms with van der Waals surface area (Å²) < 4.78 is 27.9. The van der Waals surface area contributed by atoms with Crippen LogP contribution in [-0.2, 0) is 19.1 Å². The largest absolute Gasteiger partial charge is 0.451 e. The lowest BCUT2D eigenvalue weighted by Gasteiger charge is -2.59. The average Bonchev–Trinajstić information content (AvgIpc) is 2.98. The van der Waals surface area contributed by atoms with Crippen molar-refractivity contribution in [1.82, 2.24) is 0 Å². The van der Waals surface area contributed by atoms with E-state index in [2.05, 4.69) is 6.92 Å². The van der Waals surface area contributed by atoms with Gasteiger partial charge in [0.2, 0.25) is 0 Å². The molecule has 0 aromatic heterocycles. The van der Waals surface area contributed by atoms with Crippen LogP contribution in [0.25, 0.3) is 0 Å². The van der Waals surface area contributed by atoms with Crippen molar-refractivity contribution < 1.29 is 23.2 Å². The van der Waals surface area contributed by atoms with Crippen molar-refractivity contribution in [2.75, 3.05) is 0 Å². The molecule has 0 bridgehead atoms. The van der Waals surface area contributed by atoms with E-state index >= 15 is 0 Å². The molecule has 4 aliphatic rings. The zero-order chi connectivity index (χ0) is 23.0. The number of ketones is 2. The van der Waals surface area contributed by atoms with Crippen LogP contribution >= 0.6 is 11.6 Å². The number of halogens is 1. The van der Waals surface area contributed by atoms with Gasteiger partial charge in [-0.3, -0.25) is 14.4 Å². The number of hydrogen-bond acceptors (Lipinski definition) is 4. The second-order valence-corrected chi connectivity index (χ2v) is 10.2. The fourth-order valence-electron chi connectivity index (χ4n) is 7.62. The van der Waals surface area contributed by atoms with Crippen LogP contribution in [0, 0.1) is 28.6 Å². The second-order valence-electron chi connectivity index (χ2n) is 9.82. The Balaban J connectivity index is 1.70. The molecule has 0 heterocycles. The number of carbonyl (C=O) groups excluding carboxylic acids is 3. The molecule has 0 saturated heterocycles. The first kappa shape index (κ1) is 16.6. The first-order valence-corrected chi connectivity index (χ1v) is 10.8. The molecular weight excluding hydrogens is 376 g/mol. The highest BCUT2D eigenvalue weighted by atomic mass is 35.5. The summed E-state index contributed by atoms with van der Waals surface area (Å²) in [5.74, 6) is -0.654. The number of hydrogen-bond donors (Lipinski definition) is 0. The lowest BCUT2D eigenvalue weighted by Crippen LogP contribution is -2.58. The maximum Gasteiger partial charge on any atom is 0.303 e. The molecule has 0 spiro atoms. The Morgan fingerprint density at radius 2 is 1.82 bits per heavy atom. The third kappa shape index (κ3) is 2.45. The maximum atomic E-state index is 12.9. The van der Waals surface area contributed by atoms with Crippen LogP contribution in [0.1, 0.15) is 83.1 Å². The van der Waals surface area contributed by atoms with Gasteiger partial charge in [0.15, 0.2) is 17.2 Å². The van der Waals surface area contributed by atoms with Gasteiger partial charge in [-0.2, -0.15) is 0 Å². The molecule has 6 atom stereocenters. The summed E-state index contributed by atoms with van der Waals surface area (Å²) >= 11 is 6.46. The van der Waals surface area contributed by atoms with Crippen molar-refractivity contribution in [3.63, 3.8) is 0 Å². The number of allylic oxidation sites excluding steroid dienone is 1. The summed E-state index contributed by atoms with van der Waals surface area (Å²) in [6.45, 7) is 2.78. The predicted octanol–water partition coefficient (Wildman–Crippen LogP) is 4.98. The van der Waals surface area contributed by atoms with E-state index in [0.29, 0.717) is 36.1 Å². The minimum Gasteiger partial charge on any atom is -0.451 e. The van der Waals surface area contributed by atoms with Gasteiger partial charge in [-0.25, -0.2) is 0 Å². The minimum atomic E-state index is -2.89. The minimum absolute atomic E-state index is 0.0429. The van der Waals surface area contributed by atoms with E-state index in [1.165, 1.54) is 6.92 Å². The number of Topliss-reactive ketones (excluding diaryl/α,β-unsaturated/α-hetero) is 2. The third-order valence-electron chi connectivity index (χ3n) is 9.01. The van der Waals surface area contributed by atoms with E-state index in [1.807, 2.05) is 6.92 Å². The van der Waals surface area contributed by atoms with Crippen molar-refractivity contribution in [3.8, 4) is 0 Å². The Morgan fingerprint density at radius 3 is 2.50 bits per heavy atom. The monoisotopic (exact) mass is 409 g/mol. The molecule has 4 nitrogen and oxygen atoms in total. The van der Waals surface area contributed by atoms with E-state index in [0.717, 1.165) is 37.7 Å². The number of ether oxygens (including phenoxy) is 1. The molecule has 0 N–H and O–H groups in total. The first-order chi connectivity index (χ1) is 14.3. The van der Waals surface area contributed by atoms with Gasteiger partial charge in [-0.15, -0.1) is 0 Å². The Morgan fingerprint density at radius 1 is 1.11 bits per heavy atom. The molecule has 0 radical (unpaired) electrons. The molecule has 28 heavy (non-hydrogen) atoms. The van der Waals surface area contributed by atoms with E-state index in [9.17, 15) is 14.4 Å². The zero-order valence-corrected chi connectivity index (χ0v) is 17.7. The van der Waals surface area contributed by atoms with Crippen LogP contribution in [0.4, 0.5) is 0 Å². The van der Waals surface area contributed by atoms with Gasteiger partial charge in [0.1, 0.15) is 0 Å². The highest BCUT2D eigenvalue weighted by molar-refractivity contribution is 6.43. The van der Waals surface area contributed by atoms with Gasteiger partial charge >= 0.3 is 5.97 Å². The summed E-state index contributed by atoms with van der Waals surface area (Å²) in [5.41, 5.74) is -0.996. The van der Waals surface area contributed by atoms with E-state index in [-0.39, 0.29) is 22.9 Å². The molecule has 0 aromatic carbocycles. The fraction of sp³-hybridized carbons (Fsp3) is 0.783. The van der Waals surface area contributed by atoms with Gasteiger partial charge < -0.3 is 4.74 Å². The van der Waals surface area contributed by atoms with Gasteiger partial charge in [-0.05, 0) is 80.6 Å².